The minimum Gasteiger partial charge on any atom is -0.454 e. The molecule has 246 valence electrons. The Hall–Kier alpha value is -3.90. The van der Waals surface area contributed by atoms with E-state index in [9.17, 15) is 4.39 Å². The van der Waals surface area contributed by atoms with E-state index in [2.05, 4.69) is 19.2 Å². The van der Waals surface area contributed by atoms with Crippen LogP contribution in [0.4, 0.5) is 27.6 Å². The first-order valence-corrected chi connectivity index (χ1v) is 16.8. The molecule has 47 heavy (non-hydrogen) atoms. The first-order chi connectivity index (χ1) is 22.7. The number of ether oxygens (including phenoxy) is 1. The SMILES string of the molecule is F/C(=C\c1ccc(Oc2ccccc2F)c(C(F)(F)F)c1N1CCCC2(CCN(CC3CC3)CC2)C1)c1nccc(-c2cnsc2)n1. The Morgan fingerprint density at radius 3 is 2.55 bits per heavy atom. The number of alkyl halides is 3. The summed E-state index contributed by atoms with van der Waals surface area (Å²) in [6.45, 7) is 3.69. The number of para-hydroxylation sites is 1. The number of benzene rings is 2. The number of rotatable bonds is 8. The molecule has 7 rings (SSSR count). The molecule has 1 aliphatic carbocycles. The number of halogens is 5. The number of hydrogen-bond acceptors (Lipinski definition) is 7. The number of nitrogens with zero attached hydrogens (tertiary/aromatic N) is 5. The summed E-state index contributed by atoms with van der Waals surface area (Å²) >= 11 is 1.22. The summed E-state index contributed by atoms with van der Waals surface area (Å²) in [5, 5.41) is 1.76. The molecule has 2 aliphatic heterocycles. The van der Waals surface area contributed by atoms with Gasteiger partial charge in [0.25, 0.3) is 0 Å². The Morgan fingerprint density at radius 2 is 1.83 bits per heavy atom. The summed E-state index contributed by atoms with van der Waals surface area (Å²) in [7, 11) is 0. The van der Waals surface area contributed by atoms with Gasteiger partial charge in [-0.25, -0.2) is 23.1 Å². The molecule has 3 fully saturated rings. The Kier molecular flexibility index (Phi) is 8.73. The second-order valence-electron chi connectivity index (χ2n) is 12.8. The number of aromatic nitrogens is 3. The largest absolute Gasteiger partial charge is 0.454 e. The molecule has 4 aromatic rings. The summed E-state index contributed by atoms with van der Waals surface area (Å²) in [5.41, 5.74) is -0.255. The minimum absolute atomic E-state index is 0.0186. The predicted octanol–water partition coefficient (Wildman–Crippen LogP) is 9.11. The van der Waals surface area contributed by atoms with E-state index >= 15 is 17.6 Å². The van der Waals surface area contributed by atoms with Crippen LogP contribution in [0.2, 0.25) is 0 Å². The van der Waals surface area contributed by atoms with E-state index < -0.39 is 29.1 Å². The number of anilines is 1. The maximum absolute atomic E-state index is 16.0. The minimum atomic E-state index is -4.89. The van der Waals surface area contributed by atoms with Crippen LogP contribution >= 0.6 is 11.5 Å². The molecule has 0 amide bonds. The average Bonchev–Trinajstić information content (AvgIpc) is 3.70. The first-order valence-electron chi connectivity index (χ1n) is 15.9. The Bertz CT molecular complexity index is 1750. The molecule has 4 heterocycles. The van der Waals surface area contributed by atoms with Crippen LogP contribution in [0.25, 0.3) is 23.2 Å². The fraction of sp³-hybridized carbons (Fsp3) is 0.400. The molecule has 1 saturated carbocycles. The molecule has 0 N–H and O–H groups in total. The fourth-order valence-electron chi connectivity index (χ4n) is 6.90. The van der Waals surface area contributed by atoms with Crippen molar-refractivity contribution in [3.63, 3.8) is 0 Å². The standard InChI is InChI=1S/C35H34F5N5OS/c36-26-4-1-2-5-29(26)46-30-9-8-24(18-27(37)33-41-14-10-28(43-33)25-19-42-47-21-25)32(31(30)35(38,39)40)45-15-3-11-34(22-45)12-16-44(17-13-34)20-23-6-7-23/h1-2,4-5,8-10,14,18-19,21,23H,3,6-7,11-13,15-17,20,22H2/b27-18-. The van der Waals surface area contributed by atoms with Crippen molar-refractivity contribution in [2.45, 2.75) is 44.7 Å². The second kappa shape index (κ2) is 13.0. The van der Waals surface area contributed by atoms with Gasteiger partial charge in [0.1, 0.15) is 11.3 Å². The highest BCUT2D eigenvalue weighted by atomic mass is 32.1. The fourth-order valence-corrected chi connectivity index (χ4v) is 7.43. The van der Waals surface area contributed by atoms with Crippen LogP contribution in [0.5, 0.6) is 11.5 Å². The zero-order chi connectivity index (χ0) is 32.6. The van der Waals surface area contributed by atoms with Gasteiger partial charge in [0.05, 0.1) is 17.6 Å². The summed E-state index contributed by atoms with van der Waals surface area (Å²) in [4.78, 5) is 12.6. The molecule has 0 atom stereocenters. The van der Waals surface area contributed by atoms with Crippen LogP contribution in [0.3, 0.4) is 0 Å². The summed E-state index contributed by atoms with van der Waals surface area (Å²) in [6, 6.07) is 9.47. The van der Waals surface area contributed by atoms with Crippen LogP contribution in [0.1, 0.15) is 55.5 Å². The molecule has 2 saturated heterocycles. The third-order valence-corrected chi connectivity index (χ3v) is 10.1. The normalized spacial score (nSPS) is 18.9. The molecule has 0 radical (unpaired) electrons. The molecule has 0 bridgehead atoms. The van der Waals surface area contributed by atoms with Crippen LogP contribution in [-0.2, 0) is 6.18 Å². The van der Waals surface area contributed by atoms with Crippen molar-refractivity contribution in [1.29, 1.82) is 0 Å². The van der Waals surface area contributed by atoms with Crippen molar-refractivity contribution in [2.75, 3.05) is 37.6 Å². The van der Waals surface area contributed by atoms with Crippen LogP contribution in [-0.4, -0.2) is 52.0 Å². The lowest BCUT2D eigenvalue weighted by molar-refractivity contribution is -0.138. The lowest BCUT2D eigenvalue weighted by atomic mass is 9.72. The Balaban J connectivity index is 1.29. The molecular formula is C35H34F5N5OS. The van der Waals surface area contributed by atoms with E-state index in [-0.39, 0.29) is 28.2 Å². The lowest BCUT2D eigenvalue weighted by Gasteiger charge is -2.49. The molecule has 2 aromatic carbocycles. The molecule has 1 spiro atoms. The summed E-state index contributed by atoms with van der Waals surface area (Å²) < 4.78 is 85.8. The summed E-state index contributed by atoms with van der Waals surface area (Å²) in [6.07, 6.45) is 5.11. The van der Waals surface area contributed by atoms with Gasteiger partial charge in [0.2, 0.25) is 0 Å². The Labute approximate surface area is 274 Å². The maximum Gasteiger partial charge on any atom is 0.422 e. The van der Waals surface area contributed by atoms with E-state index in [4.69, 9.17) is 4.74 Å². The molecular weight excluding hydrogens is 633 g/mol. The van der Waals surface area contributed by atoms with E-state index in [1.165, 1.54) is 54.8 Å². The van der Waals surface area contributed by atoms with Crippen LogP contribution in [0.15, 0.2) is 60.2 Å². The zero-order valence-corrected chi connectivity index (χ0v) is 26.5. The highest BCUT2D eigenvalue weighted by Gasteiger charge is 2.44. The average molecular weight is 668 g/mol. The van der Waals surface area contributed by atoms with Gasteiger partial charge in [-0.2, -0.15) is 13.2 Å². The third kappa shape index (κ3) is 7.03. The highest BCUT2D eigenvalue weighted by molar-refractivity contribution is 7.03. The highest BCUT2D eigenvalue weighted by Crippen LogP contribution is 2.50. The van der Waals surface area contributed by atoms with Gasteiger partial charge >= 0.3 is 6.18 Å². The predicted molar refractivity (Wildman–Crippen MR) is 172 cm³/mol. The topological polar surface area (TPSA) is 54.4 Å². The van der Waals surface area contributed by atoms with Gasteiger partial charge in [-0.05, 0) is 111 Å². The van der Waals surface area contributed by atoms with Gasteiger partial charge in [-0.1, -0.05) is 12.1 Å². The van der Waals surface area contributed by atoms with Gasteiger partial charge in [0.15, 0.2) is 23.2 Å². The zero-order valence-electron chi connectivity index (χ0n) is 25.6. The molecule has 12 heteroatoms. The Morgan fingerprint density at radius 1 is 1.02 bits per heavy atom. The van der Waals surface area contributed by atoms with Crippen molar-refractivity contribution in [3.05, 3.63) is 83.0 Å². The monoisotopic (exact) mass is 667 g/mol. The molecule has 6 nitrogen and oxygen atoms in total. The van der Waals surface area contributed by atoms with Crippen molar-refractivity contribution < 1.29 is 26.7 Å². The van der Waals surface area contributed by atoms with E-state index in [0.29, 0.717) is 30.8 Å². The smallest absolute Gasteiger partial charge is 0.422 e. The lowest BCUT2D eigenvalue weighted by Crippen LogP contribution is -2.50. The van der Waals surface area contributed by atoms with Gasteiger partial charge in [-0.15, -0.1) is 0 Å². The van der Waals surface area contributed by atoms with E-state index in [1.807, 2.05) is 0 Å². The summed E-state index contributed by atoms with van der Waals surface area (Å²) in [5.74, 6) is -2.02. The van der Waals surface area contributed by atoms with Crippen molar-refractivity contribution >= 4 is 29.1 Å². The van der Waals surface area contributed by atoms with E-state index in [1.54, 1.807) is 22.5 Å². The maximum atomic E-state index is 16.0. The van der Waals surface area contributed by atoms with E-state index in [0.717, 1.165) is 63.0 Å². The molecule has 2 aromatic heterocycles. The van der Waals surface area contributed by atoms with Crippen LogP contribution in [0, 0.1) is 17.2 Å². The first kappa shape index (κ1) is 31.7. The number of hydrogen-bond donors (Lipinski definition) is 0. The quantitative estimate of drug-likeness (QED) is 0.175. The van der Waals surface area contributed by atoms with Crippen molar-refractivity contribution in [3.8, 4) is 22.8 Å². The van der Waals surface area contributed by atoms with Crippen LogP contribution < -0.4 is 9.64 Å². The van der Waals surface area contributed by atoms with Crippen molar-refractivity contribution in [1.82, 2.24) is 19.2 Å². The van der Waals surface area contributed by atoms with Gasteiger partial charge < -0.3 is 14.5 Å². The molecule has 3 aliphatic rings. The van der Waals surface area contributed by atoms with Crippen molar-refractivity contribution in [2.24, 2.45) is 11.3 Å². The third-order valence-electron chi connectivity index (χ3n) is 9.50. The number of likely N-dealkylation sites (tertiary alicyclic amines) is 1. The number of piperidine rings is 2. The van der Waals surface area contributed by atoms with Gasteiger partial charge in [0, 0.05) is 42.3 Å². The van der Waals surface area contributed by atoms with Gasteiger partial charge in [-0.3, -0.25) is 0 Å². The molecule has 0 unspecified atom stereocenters. The second-order valence-corrected chi connectivity index (χ2v) is 13.5.